The number of carbonyl (C=O) groups excluding carboxylic acids is 1. The van der Waals surface area contributed by atoms with E-state index in [4.69, 9.17) is 4.74 Å². The second-order valence-corrected chi connectivity index (χ2v) is 5.56. The second kappa shape index (κ2) is 4.69. The topological polar surface area (TPSA) is 58.6 Å². The molecular formula is C13H21NO3. The number of esters is 1. The number of carbonyl (C=O) groups is 1. The smallest absolute Gasteiger partial charge is 0.332 e. The van der Waals surface area contributed by atoms with E-state index in [1.807, 2.05) is 13.8 Å². The van der Waals surface area contributed by atoms with Crippen molar-refractivity contribution in [1.82, 2.24) is 5.32 Å². The minimum Gasteiger partial charge on any atom is -0.462 e. The number of hydrogen-bond donors (Lipinski definition) is 2. The molecule has 0 aromatic carbocycles. The zero-order chi connectivity index (χ0) is 12.5. The highest BCUT2D eigenvalue weighted by Gasteiger charge is 2.46. The van der Waals surface area contributed by atoms with Gasteiger partial charge >= 0.3 is 5.97 Å². The number of rotatable bonds is 3. The summed E-state index contributed by atoms with van der Waals surface area (Å²) in [7, 11) is 0. The molecule has 4 nitrogen and oxygen atoms in total. The number of aliphatic hydroxyl groups is 1. The van der Waals surface area contributed by atoms with Gasteiger partial charge in [0.15, 0.2) is 0 Å². The first-order chi connectivity index (χ1) is 7.99. The van der Waals surface area contributed by atoms with Gasteiger partial charge in [-0.3, -0.25) is 0 Å². The maximum Gasteiger partial charge on any atom is 0.332 e. The van der Waals surface area contributed by atoms with Gasteiger partial charge in [0, 0.05) is 18.2 Å². The Bertz CT molecular complexity index is 338. The lowest BCUT2D eigenvalue weighted by molar-refractivity contribution is -0.138. The van der Waals surface area contributed by atoms with Gasteiger partial charge in [-0.25, -0.2) is 4.79 Å². The Morgan fingerprint density at radius 1 is 1.71 bits per heavy atom. The largest absolute Gasteiger partial charge is 0.462 e. The van der Waals surface area contributed by atoms with Crippen molar-refractivity contribution < 1.29 is 14.6 Å². The van der Waals surface area contributed by atoms with Crippen LogP contribution in [0.4, 0.5) is 0 Å². The normalized spacial score (nSPS) is 33.9. The summed E-state index contributed by atoms with van der Waals surface area (Å²) in [5.74, 6) is 0.0298. The fourth-order valence-corrected chi connectivity index (χ4v) is 2.60. The van der Waals surface area contributed by atoms with Crippen LogP contribution in [0.2, 0.25) is 0 Å². The maximum atomic E-state index is 11.5. The first-order valence-electron chi connectivity index (χ1n) is 6.36. The SMILES string of the molecule is CC(C)COC(=O)/C=C1/CC2(O)CCCC2N1. The van der Waals surface area contributed by atoms with E-state index in [0.717, 1.165) is 25.0 Å². The Hall–Kier alpha value is -1.03. The molecule has 1 heterocycles. The Labute approximate surface area is 102 Å². The van der Waals surface area contributed by atoms with E-state index in [2.05, 4.69) is 5.32 Å². The summed E-state index contributed by atoms with van der Waals surface area (Å²) in [5.41, 5.74) is 0.176. The summed E-state index contributed by atoms with van der Waals surface area (Å²) in [5, 5.41) is 13.5. The molecule has 17 heavy (non-hydrogen) atoms. The average molecular weight is 239 g/mol. The lowest BCUT2D eigenvalue weighted by Crippen LogP contribution is -2.36. The van der Waals surface area contributed by atoms with Gasteiger partial charge in [0.2, 0.25) is 0 Å². The molecule has 4 heteroatoms. The summed E-state index contributed by atoms with van der Waals surface area (Å²) in [4.78, 5) is 11.5. The summed E-state index contributed by atoms with van der Waals surface area (Å²) in [6, 6.07) is 0.117. The van der Waals surface area contributed by atoms with Crippen molar-refractivity contribution in [2.75, 3.05) is 6.61 Å². The summed E-state index contributed by atoms with van der Waals surface area (Å²) >= 11 is 0. The molecule has 1 aliphatic heterocycles. The van der Waals surface area contributed by atoms with Crippen LogP contribution in [0, 0.1) is 5.92 Å². The number of hydrogen-bond acceptors (Lipinski definition) is 4. The van der Waals surface area contributed by atoms with Crippen LogP contribution < -0.4 is 5.32 Å². The molecular weight excluding hydrogens is 218 g/mol. The Balaban J connectivity index is 1.90. The minimum absolute atomic E-state index is 0.117. The average Bonchev–Trinajstić information content (AvgIpc) is 2.69. The molecule has 2 N–H and O–H groups in total. The zero-order valence-electron chi connectivity index (χ0n) is 10.5. The summed E-state index contributed by atoms with van der Waals surface area (Å²) in [6.07, 6.45) is 4.89. The molecule has 0 aromatic heterocycles. The molecule has 1 aliphatic carbocycles. The lowest BCUT2D eigenvalue weighted by Gasteiger charge is -2.19. The molecule has 0 spiro atoms. The highest BCUT2D eigenvalue weighted by molar-refractivity contribution is 5.82. The van der Waals surface area contributed by atoms with Crippen LogP contribution >= 0.6 is 0 Å². The van der Waals surface area contributed by atoms with Crippen molar-refractivity contribution >= 4 is 5.97 Å². The third kappa shape index (κ3) is 2.80. The van der Waals surface area contributed by atoms with Gasteiger partial charge < -0.3 is 15.2 Å². The van der Waals surface area contributed by atoms with Crippen LogP contribution in [0.5, 0.6) is 0 Å². The van der Waals surface area contributed by atoms with E-state index in [1.54, 1.807) is 0 Å². The molecule has 2 unspecified atom stereocenters. The molecule has 0 bridgehead atoms. The van der Waals surface area contributed by atoms with Crippen molar-refractivity contribution in [2.45, 2.75) is 51.2 Å². The first-order valence-corrected chi connectivity index (χ1v) is 6.36. The fourth-order valence-electron chi connectivity index (χ4n) is 2.60. The summed E-state index contributed by atoms with van der Waals surface area (Å²) < 4.78 is 5.08. The molecule has 0 aromatic rings. The maximum absolute atomic E-state index is 11.5. The number of fused-ring (bicyclic) bond motifs is 1. The van der Waals surface area contributed by atoms with Crippen LogP contribution in [0.3, 0.4) is 0 Å². The number of ether oxygens (including phenoxy) is 1. The highest BCUT2D eigenvalue weighted by atomic mass is 16.5. The van der Waals surface area contributed by atoms with E-state index in [0.29, 0.717) is 18.9 Å². The van der Waals surface area contributed by atoms with Gasteiger partial charge in [-0.05, 0) is 25.2 Å². The minimum atomic E-state index is -0.635. The summed E-state index contributed by atoms with van der Waals surface area (Å²) in [6.45, 7) is 4.44. The van der Waals surface area contributed by atoms with E-state index < -0.39 is 5.60 Å². The van der Waals surface area contributed by atoms with Crippen LogP contribution in [-0.2, 0) is 9.53 Å². The van der Waals surface area contributed by atoms with Gasteiger partial charge in [-0.1, -0.05) is 13.8 Å². The highest BCUT2D eigenvalue weighted by Crippen LogP contribution is 2.39. The van der Waals surface area contributed by atoms with E-state index in [-0.39, 0.29) is 12.0 Å². The third-order valence-corrected chi connectivity index (χ3v) is 3.46. The van der Waals surface area contributed by atoms with E-state index in [1.165, 1.54) is 6.08 Å². The predicted molar refractivity (Wildman–Crippen MR) is 64.2 cm³/mol. The van der Waals surface area contributed by atoms with Gasteiger partial charge in [0.1, 0.15) is 0 Å². The van der Waals surface area contributed by atoms with Crippen LogP contribution in [-0.4, -0.2) is 29.3 Å². The van der Waals surface area contributed by atoms with Crippen molar-refractivity contribution in [1.29, 1.82) is 0 Å². The quantitative estimate of drug-likeness (QED) is 0.576. The Morgan fingerprint density at radius 2 is 2.47 bits per heavy atom. The monoisotopic (exact) mass is 239 g/mol. The van der Waals surface area contributed by atoms with E-state index in [9.17, 15) is 9.90 Å². The van der Waals surface area contributed by atoms with Crippen molar-refractivity contribution in [2.24, 2.45) is 5.92 Å². The van der Waals surface area contributed by atoms with Crippen LogP contribution in [0.15, 0.2) is 11.8 Å². The second-order valence-electron chi connectivity index (χ2n) is 5.56. The predicted octanol–water partition coefficient (Wildman–Crippen LogP) is 1.35. The Kier molecular flexibility index (Phi) is 3.43. The molecule has 1 saturated heterocycles. The lowest BCUT2D eigenvalue weighted by atomic mass is 9.97. The third-order valence-electron chi connectivity index (χ3n) is 3.46. The van der Waals surface area contributed by atoms with Crippen LogP contribution in [0.1, 0.15) is 39.5 Å². The molecule has 2 aliphatic rings. The van der Waals surface area contributed by atoms with Crippen molar-refractivity contribution in [3.8, 4) is 0 Å². The molecule has 2 fully saturated rings. The molecule has 1 saturated carbocycles. The van der Waals surface area contributed by atoms with Crippen molar-refractivity contribution in [3.05, 3.63) is 11.8 Å². The molecule has 2 rings (SSSR count). The standard InChI is InChI=1S/C13H21NO3/c1-9(2)8-17-12(15)6-10-7-13(16)5-3-4-11(13)14-10/h6,9,11,14,16H,3-5,7-8H2,1-2H3/b10-6-. The molecule has 0 amide bonds. The molecule has 96 valence electrons. The fraction of sp³-hybridized carbons (Fsp3) is 0.769. The molecule has 0 radical (unpaired) electrons. The van der Waals surface area contributed by atoms with Crippen molar-refractivity contribution in [3.63, 3.8) is 0 Å². The van der Waals surface area contributed by atoms with Gasteiger partial charge in [-0.15, -0.1) is 0 Å². The van der Waals surface area contributed by atoms with Gasteiger partial charge in [0.25, 0.3) is 0 Å². The Morgan fingerprint density at radius 3 is 3.12 bits per heavy atom. The van der Waals surface area contributed by atoms with Gasteiger partial charge in [-0.2, -0.15) is 0 Å². The van der Waals surface area contributed by atoms with Crippen LogP contribution in [0.25, 0.3) is 0 Å². The zero-order valence-corrected chi connectivity index (χ0v) is 10.5. The first kappa shape index (κ1) is 12.4. The number of nitrogens with one attached hydrogen (secondary N) is 1. The van der Waals surface area contributed by atoms with Gasteiger partial charge in [0.05, 0.1) is 18.2 Å². The van der Waals surface area contributed by atoms with E-state index >= 15 is 0 Å². The molecule has 2 atom stereocenters.